The topological polar surface area (TPSA) is 176 Å². The van der Waals surface area contributed by atoms with Crippen LogP contribution in [-0.4, -0.2) is 88.3 Å². The SMILES string of the molecule is CN1C(=O)C(=C2C(=CC=c3c4cccc5cccc(c54)n3CCCCS(=O)(=O)O)CCC2=CC=c2c3cccc4cccc(c43)n2CCCCS(=O)(=O)O)C(=O)N(C)C1=O. The Kier molecular flexibility index (Phi) is 10.9. The molecule has 13 nitrogen and oxygen atoms in total. The summed E-state index contributed by atoms with van der Waals surface area (Å²) in [5.74, 6) is -2.09. The van der Waals surface area contributed by atoms with Crippen LogP contribution in [0.2, 0.25) is 0 Å². The molecule has 2 N–H and O–H groups in total. The second-order valence-electron chi connectivity index (χ2n) is 15.4. The summed E-state index contributed by atoms with van der Waals surface area (Å²) in [7, 11) is -5.51. The monoisotopic (exact) mass is 848 g/mol. The molecule has 0 spiro atoms. The Bertz CT molecular complexity index is 2990. The maximum Gasteiger partial charge on any atom is 0.333 e. The summed E-state index contributed by atoms with van der Waals surface area (Å²) >= 11 is 0. The summed E-state index contributed by atoms with van der Waals surface area (Å²) in [5, 5.41) is 7.84. The minimum absolute atomic E-state index is 0.107. The molecule has 1 saturated heterocycles. The summed E-state index contributed by atoms with van der Waals surface area (Å²) < 4.78 is 68.9. The van der Waals surface area contributed by atoms with Crippen LogP contribution < -0.4 is 10.7 Å². The summed E-state index contributed by atoms with van der Waals surface area (Å²) in [6.07, 6.45) is 10.3. The van der Waals surface area contributed by atoms with Gasteiger partial charge in [0.25, 0.3) is 32.1 Å². The third kappa shape index (κ3) is 7.69. The van der Waals surface area contributed by atoms with E-state index in [1.165, 1.54) is 14.1 Å². The van der Waals surface area contributed by atoms with Crippen molar-refractivity contribution in [2.24, 2.45) is 0 Å². The minimum Gasteiger partial charge on any atom is -0.340 e. The lowest BCUT2D eigenvalue weighted by Gasteiger charge is -2.30. The van der Waals surface area contributed by atoms with Gasteiger partial charge in [0.15, 0.2) is 0 Å². The highest BCUT2D eigenvalue weighted by atomic mass is 32.2. The Morgan fingerprint density at radius 3 is 1.35 bits per heavy atom. The molecule has 310 valence electrons. The second kappa shape index (κ2) is 16.0. The van der Waals surface area contributed by atoms with Gasteiger partial charge >= 0.3 is 6.03 Å². The van der Waals surface area contributed by atoms with E-state index in [2.05, 4.69) is 9.13 Å². The summed E-state index contributed by atoms with van der Waals surface area (Å²) in [6, 6.07) is 23.4. The second-order valence-corrected chi connectivity index (χ2v) is 18.5. The highest BCUT2D eigenvalue weighted by Gasteiger charge is 2.42. The standard InChI is InChI=1S/C45H44N4O9S2/c1-46-43(50)42(44(51)47(2)45(46)52)39-31(21-23-35-33-15-7-11-29-13-9-17-37(40(29)33)48(35)25-3-5-27-59(53,54)55)19-20-32(39)22-24-36-34-16-8-12-30-14-10-18-38(41(30)34)49(36)26-4-6-28-60(56,57)58/h7-18,21-24H,3-6,19-20,25-28H2,1-2H3,(H,53,54,55)(H,56,57,58). The Labute approximate surface area is 346 Å². The lowest BCUT2D eigenvalue weighted by molar-refractivity contribution is -0.134. The van der Waals surface area contributed by atoms with Crippen molar-refractivity contribution in [3.63, 3.8) is 0 Å². The van der Waals surface area contributed by atoms with Crippen LogP contribution in [0.25, 0.3) is 55.5 Å². The number of aromatic nitrogens is 2. The number of amides is 4. The number of allylic oxidation sites excluding steroid dienone is 5. The number of rotatable bonds is 12. The number of carbonyl (C=O) groups is 3. The Hall–Kier alpha value is -5.87. The van der Waals surface area contributed by atoms with Crippen molar-refractivity contribution >= 4 is 93.6 Å². The molecule has 4 aromatic carbocycles. The molecule has 0 atom stereocenters. The van der Waals surface area contributed by atoms with Crippen molar-refractivity contribution in [1.82, 2.24) is 18.9 Å². The first-order valence-electron chi connectivity index (χ1n) is 19.8. The van der Waals surface area contributed by atoms with Gasteiger partial charge < -0.3 is 9.13 Å². The van der Waals surface area contributed by atoms with E-state index >= 15 is 0 Å². The first kappa shape index (κ1) is 40.9. The number of hydrogen-bond acceptors (Lipinski definition) is 7. The fraction of sp³-hybridized carbons (Fsp3) is 0.267. The third-order valence-electron chi connectivity index (χ3n) is 11.6. The van der Waals surface area contributed by atoms with E-state index in [9.17, 15) is 40.3 Å². The van der Waals surface area contributed by atoms with E-state index in [0.29, 0.717) is 44.3 Å². The molecule has 1 aliphatic carbocycles. The van der Waals surface area contributed by atoms with Crippen LogP contribution in [0.3, 0.4) is 0 Å². The van der Waals surface area contributed by atoms with Crippen LogP contribution in [0.1, 0.15) is 38.5 Å². The van der Waals surface area contributed by atoms with Crippen LogP contribution in [0, 0.1) is 0 Å². The van der Waals surface area contributed by atoms with E-state index in [0.717, 1.165) is 75.0 Å². The number of unbranched alkanes of at least 4 members (excludes halogenated alkanes) is 2. The smallest absolute Gasteiger partial charge is 0.333 e. The molecule has 0 bridgehead atoms. The number of benzene rings is 4. The van der Waals surface area contributed by atoms with Crippen LogP contribution >= 0.6 is 0 Å². The minimum atomic E-state index is -4.11. The molecule has 2 aliphatic rings. The number of carbonyl (C=O) groups excluding carboxylic acids is 3. The molecule has 0 radical (unpaired) electrons. The molecule has 0 unspecified atom stereocenters. The number of aryl methyl sites for hydroxylation is 2. The van der Waals surface area contributed by atoms with Crippen LogP contribution in [0.4, 0.5) is 4.79 Å². The van der Waals surface area contributed by atoms with Crippen molar-refractivity contribution in [2.75, 3.05) is 25.6 Å². The Morgan fingerprint density at radius 1 is 0.550 bits per heavy atom. The summed E-state index contributed by atoms with van der Waals surface area (Å²) in [6.45, 7) is 0.947. The van der Waals surface area contributed by atoms with Gasteiger partial charge in [-0.2, -0.15) is 16.8 Å². The number of barbiturate groups is 1. The number of urea groups is 1. The number of likely N-dealkylation sites (N-methyl/N-ethyl adjacent to an activating group) is 2. The number of hydrogen-bond donors (Lipinski definition) is 2. The fourth-order valence-corrected chi connectivity index (χ4v) is 9.94. The van der Waals surface area contributed by atoms with Gasteiger partial charge in [-0.3, -0.25) is 28.5 Å². The van der Waals surface area contributed by atoms with Crippen molar-refractivity contribution < 1.29 is 40.3 Å². The van der Waals surface area contributed by atoms with Gasteiger partial charge in [-0.05, 0) is 90.3 Å². The normalized spacial score (nSPS) is 17.9. The molecular formula is C45H44N4O9S2. The number of nitrogens with zero attached hydrogens (tertiary/aromatic N) is 4. The first-order chi connectivity index (χ1) is 28.6. The fourth-order valence-electron chi connectivity index (χ4n) is 8.80. The molecule has 8 rings (SSSR count). The van der Waals surface area contributed by atoms with Gasteiger partial charge in [0.2, 0.25) is 0 Å². The molecule has 1 saturated carbocycles. The zero-order valence-corrected chi connectivity index (χ0v) is 34.8. The van der Waals surface area contributed by atoms with Gasteiger partial charge in [-0.25, -0.2) is 4.79 Å². The molecule has 6 aromatic rings. The molecule has 15 heteroatoms. The highest BCUT2D eigenvalue weighted by molar-refractivity contribution is 7.86. The van der Waals surface area contributed by atoms with Crippen molar-refractivity contribution in [1.29, 1.82) is 0 Å². The zero-order valence-electron chi connectivity index (χ0n) is 33.2. The Morgan fingerprint density at radius 2 is 0.950 bits per heavy atom. The predicted molar refractivity (Wildman–Crippen MR) is 233 cm³/mol. The van der Waals surface area contributed by atoms with Crippen LogP contribution in [-0.2, 0) is 42.9 Å². The molecule has 60 heavy (non-hydrogen) atoms. The molecule has 2 aromatic heterocycles. The van der Waals surface area contributed by atoms with E-state index in [4.69, 9.17) is 0 Å². The van der Waals surface area contributed by atoms with E-state index in [1.54, 1.807) is 0 Å². The van der Waals surface area contributed by atoms with E-state index in [1.807, 2.05) is 97.1 Å². The van der Waals surface area contributed by atoms with Crippen molar-refractivity contribution in [3.05, 3.63) is 118 Å². The lowest BCUT2D eigenvalue weighted by Crippen LogP contribution is -2.53. The molecular weight excluding hydrogens is 805 g/mol. The quantitative estimate of drug-likeness (QED) is 0.0655. The summed E-state index contributed by atoms with van der Waals surface area (Å²) in [4.78, 5) is 42.7. The van der Waals surface area contributed by atoms with Crippen LogP contribution in [0.5, 0.6) is 0 Å². The first-order valence-corrected chi connectivity index (χ1v) is 23.0. The zero-order chi connectivity index (χ0) is 42.5. The van der Waals surface area contributed by atoms with Gasteiger partial charge in [-0.15, -0.1) is 0 Å². The Balaban J connectivity index is 1.30. The maximum atomic E-state index is 14.0. The van der Waals surface area contributed by atoms with E-state index in [-0.39, 0.29) is 29.9 Å². The average molecular weight is 849 g/mol. The largest absolute Gasteiger partial charge is 0.340 e. The van der Waals surface area contributed by atoms with Gasteiger partial charge in [0, 0.05) is 70.5 Å². The van der Waals surface area contributed by atoms with E-state index < -0.39 is 38.1 Å². The van der Waals surface area contributed by atoms with Crippen LogP contribution in [0.15, 0.2) is 107 Å². The molecule has 4 amide bonds. The maximum absolute atomic E-state index is 14.0. The number of imide groups is 2. The van der Waals surface area contributed by atoms with Crippen molar-refractivity contribution in [3.8, 4) is 0 Å². The molecule has 2 fully saturated rings. The lowest BCUT2D eigenvalue weighted by atomic mass is 9.95. The predicted octanol–water partition coefficient (Wildman–Crippen LogP) is 5.93. The molecule has 3 heterocycles. The van der Waals surface area contributed by atoms with Crippen molar-refractivity contribution in [2.45, 2.75) is 51.6 Å². The summed E-state index contributed by atoms with van der Waals surface area (Å²) in [5.41, 5.74) is 3.73. The van der Waals surface area contributed by atoms with Gasteiger partial charge in [0.05, 0.1) is 11.5 Å². The molecule has 1 aliphatic heterocycles. The highest BCUT2D eigenvalue weighted by Crippen LogP contribution is 2.40. The van der Waals surface area contributed by atoms with Gasteiger partial charge in [0.1, 0.15) is 5.57 Å². The third-order valence-corrected chi connectivity index (χ3v) is 13.2. The van der Waals surface area contributed by atoms with Gasteiger partial charge in [-0.1, -0.05) is 72.8 Å². The average Bonchev–Trinajstić information content (AvgIpc) is 3.85.